The molecule has 0 fully saturated rings. The highest BCUT2D eigenvalue weighted by Gasteiger charge is 2.11. The van der Waals surface area contributed by atoms with Crippen LogP contribution in [0.4, 0.5) is 10.2 Å². The molecular formula is C24H24FN7S. The van der Waals surface area contributed by atoms with E-state index in [2.05, 4.69) is 55.7 Å². The number of H-pyrrole nitrogens is 1. The average Bonchev–Trinajstić information content (AvgIpc) is 3.41. The lowest BCUT2D eigenvalue weighted by molar-refractivity contribution is 0.602. The average molecular weight is 462 g/mol. The van der Waals surface area contributed by atoms with Crippen LogP contribution in [0.3, 0.4) is 0 Å². The van der Waals surface area contributed by atoms with Crippen LogP contribution in [-0.4, -0.2) is 38.0 Å². The number of benzene rings is 1. The van der Waals surface area contributed by atoms with Crippen molar-refractivity contribution in [3.8, 4) is 0 Å². The van der Waals surface area contributed by atoms with Gasteiger partial charge in [0, 0.05) is 38.3 Å². The summed E-state index contributed by atoms with van der Waals surface area (Å²) in [5, 5.41) is 7.69. The minimum Gasteiger partial charge on any atom is -0.362 e. The molecule has 0 amide bonds. The van der Waals surface area contributed by atoms with Crippen molar-refractivity contribution in [1.82, 2.24) is 30.2 Å². The van der Waals surface area contributed by atoms with E-state index in [0.29, 0.717) is 11.5 Å². The van der Waals surface area contributed by atoms with Crippen molar-refractivity contribution in [2.45, 2.75) is 26.3 Å². The predicted octanol–water partition coefficient (Wildman–Crippen LogP) is 4.40. The first-order valence-corrected chi connectivity index (χ1v) is 11.7. The Hall–Kier alpha value is -3.43. The molecule has 3 N–H and O–H groups in total. The normalized spacial score (nSPS) is 11.5. The minimum atomic E-state index is -0.333. The fourth-order valence-corrected chi connectivity index (χ4v) is 4.64. The van der Waals surface area contributed by atoms with E-state index in [-0.39, 0.29) is 12.4 Å². The van der Waals surface area contributed by atoms with Gasteiger partial charge in [-0.25, -0.2) is 19.3 Å². The lowest BCUT2D eigenvalue weighted by atomic mass is 10.2. The number of halogens is 1. The smallest absolute Gasteiger partial charge is 0.153 e. The van der Waals surface area contributed by atoms with E-state index in [1.165, 1.54) is 11.6 Å². The Morgan fingerprint density at radius 1 is 1.03 bits per heavy atom. The number of rotatable bonds is 9. The summed E-state index contributed by atoms with van der Waals surface area (Å²) in [6.07, 6.45) is 4.99. The highest BCUT2D eigenvalue weighted by Crippen LogP contribution is 2.27. The number of aryl methyl sites for hydroxylation is 1. The summed E-state index contributed by atoms with van der Waals surface area (Å²) in [7, 11) is 0. The van der Waals surface area contributed by atoms with Crippen molar-refractivity contribution in [3.63, 3.8) is 0 Å². The van der Waals surface area contributed by atoms with E-state index in [0.717, 1.165) is 58.0 Å². The lowest BCUT2D eigenvalue weighted by Gasteiger charge is -2.06. The number of hydrogen-bond donors (Lipinski definition) is 3. The summed E-state index contributed by atoms with van der Waals surface area (Å²) in [5.41, 5.74) is 4.49. The summed E-state index contributed by atoms with van der Waals surface area (Å²) < 4.78 is 14.9. The second-order valence-electron chi connectivity index (χ2n) is 7.85. The van der Waals surface area contributed by atoms with E-state index in [1.54, 1.807) is 29.8 Å². The Bertz CT molecular complexity index is 1390. The zero-order valence-electron chi connectivity index (χ0n) is 18.2. The third kappa shape index (κ3) is 4.99. The van der Waals surface area contributed by atoms with Crippen LogP contribution < -0.4 is 10.6 Å². The van der Waals surface area contributed by atoms with Crippen LogP contribution >= 0.6 is 11.3 Å². The van der Waals surface area contributed by atoms with Crippen molar-refractivity contribution in [2.24, 2.45) is 0 Å². The molecule has 0 aliphatic rings. The number of aromatic nitrogens is 5. The molecule has 0 atom stereocenters. The maximum absolute atomic E-state index is 13.8. The van der Waals surface area contributed by atoms with Gasteiger partial charge in [-0.1, -0.05) is 6.07 Å². The maximum Gasteiger partial charge on any atom is 0.153 e. The molecule has 0 aliphatic carbocycles. The van der Waals surface area contributed by atoms with Crippen molar-refractivity contribution >= 4 is 38.4 Å². The first-order chi connectivity index (χ1) is 16.2. The fourth-order valence-electron chi connectivity index (χ4n) is 3.68. The number of nitrogens with one attached hydrogen (secondary N) is 3. The van der Waals surface area contributed by atoms with Gasteiger partial charge in [0.2, 0.25) is 0 Å². The Morgan fingerprint density at radius 2 is 1.94 bits per heavy atom. The topological polar surface area (TPSA) is 91.4 Å². The fraction of sp³-hybridized carbons (Fsp3) is 0.250. The van der Waals surface area contributed by atoms with E-state index < -0.39 is 0 Å². The zero-order valence-corrected chi connectivity index (χ0v) is 19.0. The van der Waals surface area contributed by atoms with Gasteiger partial charge in [-0.2, -0.15) is 0 Å². The second kappa shape index (κ2) is 9.60. The van der Waals surface area contributed by atoms with Crippen LogP contribution in [0.15, 0.2) is 48.8 Å². The number of pyridine rings is 2. The van der Waals surface area contributed by atoms with Crippen LogP contribution in [0.25, 0.3) is 21.3 Å². The van der Waals surface area contributed by atoms with Gasteiger partial charge in [0.05, 0.1) is 33.0 Å². The molecule has 5 rings (SSSR count). The Morgan fingerprint density at radius 3 is 2.85 bits per heavy atom. The molecule has 9 heteroatoms. The van der Waals surface area contributed by atoms with E-state index >= 15 is 0 Å². The number of hydrogen-bond acceptors (Lipinski definition) is 7. The standard InChI is InChI=1S/C24H24FN7S/c1-15-4-5-17-18(13-15)31-21(30-17)7-10-26-11-8-22-32-23-20(33-22)6-12-28-24(23)29-14-19-16(25)3-2-9-27-19/h2-6,9,12-13,26H,7-8,10-11,14H2,1H3,(H,28,29)(H,30,31). The summed E-state index contributed by atoms with van der Waals surface area (Å²) >= 11 is 1.66. The molecule has 7 nitrogen and oxygen atoms in total. The van der Waals surface area contributed by atoms with Gasteiger partial charge in [0.25, 0.3) is 0 Å². The highest BCUT2D eigenvalue weighted by molar-refractivity contribution is 7.18. The molecule has 0 saturated carbocycles. The monoisotopic (exact) mass is 461 g/mol. The number of fused-ring (bicyclic) bond motifs is 2. The Labute approximate surface area is 194 Å². The van der Waals surface area contributed by atoms with Crippen molar-refractivity contribution in [1.29, 1.82) is 0 Å². The van der Waals surface area contributed by atoms with Crippen LogP contribution in [0, 0.1) is 12.7 Å². The molecule has 0 spiro atoms. The molecule has 5 aromatic rings. The molecule has 0 radical (unpaired) electrons. The van der Waals surface area contributed by atoms with E-state index in [9.17, 15) is 4.39 Å². The third-order valence-electron chi connectivity index (χ3n) is 5.35. The summed E-state index contributed by atoms with van der Waals surface area (Å²) in [4.78, 5) is 21.3. The zero-order chi connectivity index (χ0) is 22.6. The van der Waals surface area contributed by atoms with Crippen molar-refractivity contribution < 1.29 is 4.39 Å². The maximum atomic E-state index is 13.8. The molecule has 0 bridgehead atoms. The largest absolute Gasteiger partial charge is 0.362 e. The molecule has 4 heterocycles. The molecule has 168 valence electrons. The SMILES string of the molecule is Cc1ccc2nc(CCNCCc3nc4c(NCc5ncccc5F)nccc4s3)[nH]c2c1. The first kappa shape index (κ1) is 21.4. The summed E-state index contributed by atoms with van der Waals surface area (Å²) in [5.74, 6) is 1.31. The number of imidazole rings is 1. The molecule has 0 unspecified atom stereocenters. The Balaban J connectivity index is 1.15. The molecular weight excluding hydrogens is 437 g/mol. The summed E-state index contributed by atoms with van der Waals surface area (Å²) in [6, 6.07) is 11.2. The van der Waals surface area contributed by atoms with Gasteiger partial charge in [-0.15, -0.1) is 11.3 Å². The van der Waals surface area contributed by atoms with Crippen LogP contribution in [0.5, 0.6) is 0 Å². The second-order valence-corrected chi connectivity index (χ2v) is 8.97. The van der Waals surface area contributed by atoms with Gasteiger partial charge >= 0.3 is 0 Å². The molecule has 4 aromatic heterocycles. The number of nitrogens with zero attached hydrogens (tertiary/aromatic N) is 4. The minimum absolute atomic E-state index is 0.258. The Kier molecular flexibility index (Phi) is 6.23. The van der Waals surface area contributed by atoms with Gasteiger partial charge in [0.15, 0.2) is 5.82 Å². The van der Waals surface area contributed by atoms with Gasteiger partial charge in [-0.05, 0) is 42.8 Å². The number of thiazole rings is 1. The number of anilines is 1. The van der Waals surface area contributed by atoms with E-state index in [1.807, 2.05) is 6.07 Å². The first-order valence-electron chi connectivity index (χ1n) is 10.9. The highest BCUT2D eigenvalue weighted by atomic mass is 32.1. The van der Waals surface area contributed by atoms with E-state index in [4.69, 9.17) is 4.98 Å². The molecule has 0 saturated heterocycles. The van der Waals surface area contributed by atoms with Gasteiger partial charge in [0.1, 0.15) is 17.2 Å². The van der Waals surface area contributed by atoms with Crippen LogP contribution in [-0.2, 0) is 19.4 Å². The van der Waals surface area contributed by atoms with Gasteiger partial charge in [-0.3, -0.25) is 4.98 Å². The molecule has 0 aliphatic heterocycles. The van der Waals surface area contributed by atoms with Crippen LogP contribution in [0.1, 0.15) is 22.1 Å². The lowest BCUT2D eigenvalue weighted by Crippen LogP contribution is -2.20. The van der Waals surface area contributed by atoms with Crippen molar-refractivity contribution in [2.75, 3.05) is 18.4 Å². The van der Waals surface area contributed by atoms with Crippen LogP contribution in [0.2, 0.25) is 0 Å². The third-order valence-corrected chi connectivity index (χ3v) is 6.43. The molecule has 1 aromatic carbocycles. The summed E-state index contributed by atoms with van der Waals surface area (Å²) in [6.45, 7) is 4.01. The van der Waals surface area contributed by atoms with Gasteiger partial charge < -0.3 is 15.6 Å². The quantitative estimate of drug-likeness (QED) is 0.282. The number of aromatic amines is 1. The predicted molar refractivity (Wildman–Crippen MR) is 130 cm³/mol. The van der Waals surface area contributed by atoms with Crippen molar-refractivity contribution in [3.05, 3.63) is 76.7 Å². The molecule has 33 heavy (non-hydrogen) atoms.